The summed E-state index contributed by atoms with van der Waals surface area (Å²) < 4.78 is 0.814. The number of rotatable bonds is 5. The Morgan fingerprint density at radius 3 is 2.88 bits per heavy atom. The van der Waals surface area contributed by atoms with Crippen LogP contribution >= 0.6 is 15.9 Å². The first-order chi connectivity index (χ1) is 8.08. The summed E-state index contributed by atoms with van der Waals surface area (Å²) in [7, 11) is 0. The molecule has 0 fully saturated rings. The molecule has 0 saturated carbocycles. The average molecular weight is 297 g/mol. The van der Waals surface area contributed by atoms with Crippen LogP contribution < -0.4 is 5.32 Å². The van der Waals surface area contributed by atoms with E-state index < -0.39 is 0 Å². The maximum atomic E-state index is 10.8. The smallest absolute Gasteiger partial charge is 0.273 e. The molecule has 0 aliphatic carbocycles. The SMILES string of the molecule is C#CC(CC)NCc1cc(Br)ccc1[N+](=O)[O-]. The van der Waals surface area contributed by atoms with Crippen molar-refractivity contribution in [1.29, 1.82) is 0 Å². The van der Waals surface area contributed by atoms with Gasteiger partial charge in [-0.25, -0.2) is 0 Å². The molecule has 0 radical (unpaired) electrons. The lowest BCUT2D eigenvalue weighted by molar-refractivity contribution is -0.385. The maximum absolute atomic E-state index is 10.8. The minimum atomic E-state index is -0.389. The molecule has 0 bridgehead atoms. The fraction of sp³-hybridized carbons (Fsp3) is 0.333. The molecule has 0 aromatic heterocycles. The van der Waals surface area contributed by atoms with Crippen molar-refractivity contribution in [2.45, 2.75) is 25.9 Å². The van der Waals surface area contributed by atoms with Crippen LogP contribution in [-0.4, -0.2) is 11.0 Å². The van der Waals surface area contributed by atoms with Crippen LogP contribution in [0.5, 0.6) is 0 Å². The van der Waals surface area contributed by atoms with Crippen LogP contribution in [0.1, 0.15) is 18.9 Å². The van der Waals surface area contributed by atoms with Crippen LogP contribution in [-0.2, 0) is 6.54 Å². The van der Waals surface area contributed by atoms with Gasteiger partial charge in [0.05, 0.1) is 11.0 Å². The van der Waals surface area contributed by atoms with Gasteiger partial charge in [0, 0.05) is 22.6 Å². The number of halogens is 1. The van der Waals surface area contributed by atoms with E-state index in [0.717, 1.165) is 10.9 Å². The van der Waals surface area contributed by atoms with Crippen LogP contribution in [0.4, 0.5) is 5.69 Å². The Labute approximate surface area is 109 Å². The van der Waals surface area contributed by atoms with Crippen molar-refractivity contribution in [3.63, 3.8) is 0 Å². The topological polar surface area (TPSA) is 55.2 Å². The van der Waals surface area contributed by atoms with Gasteiger partial charge in [-0.2, -0.15) is 0 Å². The van der Waals surface area contributed by atoms with E-state index >= 15 is 0 Å². The van der Waals surface area contributed by atoms with Crippen LogP contribution in [0.3, 0.4) is 0 Å². The summed E-state index contributed by atoms with van der Waals surface area (Å²) in [6.07, 6.45) is 6.11. The van der Waals surface area contributed by atoms with Gasteiger partial charge in [-0.3, -0.25) is 15.4 Å². The van der Waals surface area contributed by atoms with Gasteiger partial charge >= 0.3 is 0 Å². The summed E-state index contributed by atoms with van der Waals surface area (Å²) >= 11 is 3.30. The van der Waals surface area contributed by atoms with Crippen LogP contribution in [0.25, 0.3) is 0 Å². The largest absolute Gasteiger partial charge is 0.299 e. The van der Waals surface area contributed by atoms with Gasteiger partial charge in [0.1, 0.15) is 0 Å². The molecule has 90 valence electrons. The van der Waals surface area contributed by atoms with Crippen molar-refractivity contribution in [3.8, 4) is 12.3 Å². The second-order valence-corrected chi connectivity index (χ2v) is 4.45. The Morgan fingerprint density at radius 2 is 2.35 bits per heavy atom. The minimum absolute atomic E-state index is 0.0615. The average Bonchev–Trinajstić information content (AvgIpc) is 2.30. The number of nitro benzene ring substituents is 1. The van der Waals surface area contributed by atoms with Gasteiger partial charge in [-0.1, -0.05) is 28.8 Å². The molecule has 0 amide bonds. The molecular weight excluding hydrogens is 284 g/mol. The summed E-state index contributed by atoms with van der Waals surface area (Å²) in [5, 5.41) is 13.9. The van der Waals surface area contributed by atoms with E-state index in [1.807, 2.05) is 6.92 Å². The van der Waals surface area contributed by atoms with Crippen LogP contribution in [0, 0.1) is 22.5 Å². The highest BCUT2D eigenvalue weighted by atomic mass is 79.9. The van der Waals surface area contributed by atoms with E-state index in [1.165, 1.54) is 6.07 Å². The van der Waals surface area contributed by atoms with Crippen LogP contribution in [0.15, 0.2) is 22.7 Å². The molecule has 0 saturated heterocycles. The zero-order valence-electron chi connectivity index (χ0n) is 9.44. The summed E-state index contributed by atoms with van der Waals surface area (Å²) in [5.41, 5.74) is 0.727. The molecule has 1 unspecified atom stereocenters. The Hall–Kier alpha value is -1.38. The summed E-state index contributed by atoms with van der Waals surface area (Å²) in [4.78, 5) is 10.5. The molecule has 1 rings (SSSR count). The van der Waals surface area contributed by atoms with Crippen molar-refractivity contribution in [3.05, 3.63) is 38.3 Å². The third kappa shape index (κ3) is 3.84. The summed E-state index contributed by atoms with van der Waals surface area (Å²) in [6, 6.07) is 4.81. The standard InChI is InChI=1S/C12H13BrN2O2/c1-3-11(4-2)14-8-9-7-10(13)5-6-12(9)15(16)17/h1,5-7,11,14H,4,8H2,2H3. The third-order valence-electron chi connectivity index (χ3n) is 2.39. The number of nitro groups is 1. The first-order valence-corrected chi connectivity index (χ1v) is 6.00. The molecule has 1 aromatic carbocycles. The molecule has 0 heterocycles. The van der Waals surface area contributed by atoms with Crippen LogP contribution in [0.2, 0.25) is 0 Å². The molecule has 1 atom stereocenters. The maximum Gasteiger partial charge on any atom is 0.273 e. The third-order valence-corrected chi connectivity index (χ3v) is 2.88. The molecule has 1 N–H and O–H groups in total. The van der Waals surface area contributed by atoms with Gasteiger partial charge in [0.2, 0.25) is 0 Å². The molecule has 0 aliphatic heterocycles. The number of nitrogens with one attached hydrogen (secondary N) is 1. The van der Waals surface area contributed by atoms with E-state index in [2.05, 4.69) is 27.2 Å². The summed E-state index contributed by atoms with van der Waals surface area (Å²) in [6.45, 7) is 2.35. The van der Waals surface area contributed by atoms with Crippen molar-refractivity contribution < 1.29 is 4.92 Å². The highest BCUT2D eigenvalue weighted by molar-refractivity contribution is 9.10. The van der Waals surface area contributed by atoms with E-state index in [-0.39, 0.29) is 16.7 Å². The first kappa shape index (κ1) is 13.7. The Morgan fingerprint density at radius 1 is 1.65 bits per heavy atom. The van der Waals surface area contributed by atoms with E-state index in [4.69, 9.17) is 6.42 Å². The molecule has 4 nitrogen and oxygen atoms in total. The quantitative estimate of drug-likeness (QED) is 0.516. The monoisotopic (exact) mass is 296 g/mol. The zero-order valence-corrected chi connectivity index (χ0v) is 11.0. The lowest BCUT2D eigenvalue weighted by Crippen LogP contribution is -2.26. The highest BCUT2D eigenvalue weighted by Gasteiger charge is 2.14. The predicted octanol–water partition coefficient (Wildman–Crippen LogP) is 2.86. The second kappa shape index (κ2) is 6.38. The van der Waals surface area contributed by atoms with Gasteiger partial charge < -0.3 is 0 Å². The predicted molar refractivity (Wildman–Crippen MR) is 70.5 cm³/mol. The molecule has 1 aromatic rings. The molecular formula is C12H13BrN2O2. The fourth-order valence-corrected chi connectivity index (χ4v) is 1.84. The first-order valence-electron chi connectivity index (χ1n) is 5.20. The number of benzene rings is 1. The van der Waals surface area contributed by atoms with E-state index in [9.17, 15) is 10.1 Å². The second-order valence-electron chi connectivity index (χ2n) is 3.54. The number of nitrogens with zero attached hydrogens (tertiary/aromatic N) is 1. The zero-order chi connectivity index (χ0) is 12.8. The lowest BCUT2D eigenvalue weighted by Gasteiger charge is -2.10. The Kier molecular flexibility index (Phi) is 5.13. The van der Waals surface area contributed by atoms with Crippen molar-refractivity contribution in [1.82, 2.24) is 5.32 Å². The van der Waals surface area contributed by atoms with Crippen molar-refractivity contribution in [2.24, 2.45) is 0 Å². The van der Waals surface area contributed by atoms with Gasteiger partial charge in [0.25, 0.3) is 5.69 Å². The number of hydrogen-bond donors (Lipinski definition) is 1. The Bertz CT molecular complexity index is 454. The van der Waals surface area contributed by atoms with Gasteiger partial charge in [0.15, 0.2) is 0 Å². The molecule has 0 spiro atoms. The van der Waals surface area contributed by atoms with Crippen molar-refractivity contribution >= 4 is 21.6 Å². The number of hydrogen-bond acceptors (Lipinski definition) is 3. The fourth-order valence-electron chi connectivity index (χ4n) is 1.43. The summed E-state index contributed by atoms with van der Waals surface area (Å²) in [5.74, 6) is 2.59. The highest BCUT2D eigenvalue weighted by Crippen LogP contribution is 2.22. The normalized spacial score (nSPS) is 11.8. The van der Waals surface area contributed by atoms with Crippen molar-refractivity contribution in [2.75, 3.05) is 0 Å². The van der Waals surface area contributed by atoms with Gasteiger partial charge in [-0.05, 0) is 18.6 Å². The molecule has 5 heteroatoms. The van der Waals surface area contributed by atoms with E-state index in [1.54, 1.807) is 12.1 Å². The lowest BCUT2D eigenvalue weighted by atomic mass is 10.1. The molecule has 17 heavy (non-hydrogen) atoms. The van der Waals surface area contributed by atoms with E-state index in [0.29, 0.717) is 12.1 Å². The molecule has 0 aliphatic rings. The minimum Gasteiger partial charge on any atom is -0.299 e. The Balaban J connectivity index is 2.86. The van der Waals surface area contributed by atoms with Gasteiger partial charge in [-0.15, -0.1) is 6.42 Å². The number of terminal acetylenes is 1.